The molecule has 0 bridgehead atoms. The minimum Gasteiger partial charge on any atom is -1.00 e. The number of ether oxygens (including phenoxy) is 2. The Labute approximate surface area is 529 Å². The molecule has 0 unspecified atom stereocenters. The summed E-state index contributed by atoms with van der Waals surface area (Å²) in [7, 11) is 3.40. The molecule has 16 nitrogen and oxygen atoms in total. The number of nitrogens with zero attached hydrogens (tertiary/aromatic N) is 7. The summed E-state index contributed by atoms with van der Waals surface area (Å²) in [6.07, 6.45) is 26.9. The topological polar surface area (TPSA) is 223 Å². The van der Waals surface area contributed by atoms with Crippen LogP contribution in [-0.4, -0.2) is 118 Å². The first-order valence-corrected chi connectivity index (χ1v) is 28.4. The van der Waals surface area contributed by atoms with Gasteiger partial charge in [0.2, 0.25) is 0 Å². The van der Waals surface area contributed by atoms with Gasteiger partial charge >= 0.3 is 103 Å². The van der Waals surface area contributed by atoms with Crippen LogP contribution in [0.4, 0.5) is 0 Å². The van der Waals surface area contributed by atoms with Gasteiger partial charge in [-0.05, 0) is 209 Å². The normalized spacial score (nSPS) is 39.4. The van der Waals surface area contributed by atoms with E-state index in [4.69, 9.17) is 19.5 Å². The summed E-state index contributed by atoms with van der Waals surface area (Å²) in [5.41, 5.74) is -0.839. The fraction of sp³-hybridized carbons (Fsp3) is 0.900. The number of carbonyl (C=O) groups excluding carboxylic acids is 3. The van der Waals surface area contributed by atoms with E-state index in [2.05, 4.69) is 90.7 Å². The molecule has 1 aliphatic heterocycles. The monoisotopic (exact) mass is 1150 g/mol. The van der Waals surface area contributed by atoms with Crippen LogP contribution in [-0.2, 0) is 35.3 Å². The predicted molar refractivity (Wildman–Crippen MR) is 273 cm³/mol. The number of aliphatic hydroxyl groups is 2. The molecule has 1 aromatic heterocycles. The van der Waals surface area contributed by atoms with E-state index < -0.39 is 11.2 Å². The number of ketones is 2. The van der Waals surface area contributed by atoms with E-state index in [-0.39, 0.29) is 133 Å². The first kappa shape index (κ1) is 66.7. The van der Waals surface area contributed by atoms with Gasteiger partial charge in [0.15, 0.2) is 12.5 Å². The van der Waals surface area contributed by atoms with Gasteiger partial charge in [-0.1, -0.05) is 29.8 Å². The van der Waals surface area contributed by atoms with Gasteiger partial charge < -0.3 is 31.3 Å². The van der Waals surface area contributed by atoms with Gasteiger partial charge in [0.05, 0.1) is 29.7 Å². The number of hydrogen-bond donors (Lipinski definition) is 4. The van der Waals surface area contributed by atoms with Gasteiger partial charge in [-0.3, -0.25) is 14.4 Å². The van der Waals surface area contributed by atoms with Crippen molar-refractivity contribution in [3.05, 3.63) is 6.33 Å². The van der Waals surface area contributed by atoms with Gasteiger partial charge in [-0.2, -0.15) is 30.4 Å². The molecule has 8 saturated carbocycles. The number of azo groups is 1. The minimum absolute atomic E-state index is 0. The fourth-order valence-corrected chi connectivity index (χ4v) is 17.0. The molecule has 394 valence electrons. The number of tetrazole rings is 1. The maximum Gasteiger partial charge on any atom is 1.00 e. The number of halogens is 1. The van der Waals surface area contributed by atoms with Gasteiger partial charge in [0.1, 0.15) is 25.0 Å². The van der Waals surface area contributed by atoms with E-state index in [0.717, 1.165) is 92.8 Å². The summed E-state index contributed by atoms with van der Waals surface area (Å²) in [5, 5.41) is 48.9. The summed E-state index contributed by atoms with van der Waals surface area (Å²) in [4.78, 5) is 40.5. The molecule has 9 aliphatic rings. The van der Waals surface area contributed by atoms with Crippen molar-refractivity contribution in [2.45, 2.75) is 147 Å². The Morgan fingerprint density at radius 1 is 0.732 bits per heavy atom. The van der Waals surface area contributed by atoms with Crippen LogP contribution in [0.5, 0.6) is 0 Å². The number of carbonyl (C=O) groups is 3. The van der Waals surface area contributed by atoms with Gasteiger partial charge in [-0.15, -0.1) is 10.2 Å². The van der Waals surface area contributed by atoms with Crippen molar-refractivity contribution in [2.24, 2.45) is 97.1 Å². The third-order valence-corrected chi connectivity index (χ3v) is 19.6. The first-order chi connectivity index (χ1) is 33.3. The molecule has 2 heterocycles. The first-order valence-electron chi connectivity index (χ1n) is 25.5. The van der Waals surface area contributed by atoms with E-state index in [0.29, 0.717) is 61.1 Å². The summed E-state index contributed by atoms with van der Waals surface area (Å²) in [6.45, 7) is 6.43. The van der Waals surface area contributed by atoms with Gasteiger partial charge in [-0.25, -0.2) is 9.67 Å². The smallest absolute Gasteiger partial charge is 1.00 e. The second-order valence-electron chi connectivity index (χ2n) is 22.0. The molecule has 0 aromatic carbocycles. The summed E-state index contributed by atoms with van der Waals surface area (Å²) >= 11 is 10.5. The molecular formula is C50H84BrK2N7O9S2. The number of aromatic nitrogens is 4. The predicted octanol–water partition coefficient (Wildman–Crippen LogP) is 1.57. The summed E-state index contributed by atoms with van der Waals surface area (Å²) < 4.78 is 12.2. The fourth-order valence-electron chi connectivity index (χ4n) is 16.6. The molecule has 0 amide bonds. The molecule has 71 heavy (non-hydrogen) atoms. The number of methoxy groups -OCH3 is 2. The third kappa shape index (κ3) is 16.0. The van der Waals surface area contributed by atoms with Crippen molar-refractivity contribution in [3.63, 3.8) is 0 Å². The van der Waals surface area contributed by atoms with E-state index >= 15 is 0 Å². The van der Waals surface area contributed by atoms with Crippen LogP contribution in [0.25, 0.3) is 0 Å². The number of hydrogen-bond acceptors (Lipinski definition) is 17. The zero-order valence-electron chi connectivity index (χ0n) is 45.1. The number of rotatable bonds is 10. The molecule has 1 aromatic rings. The average molecular weight is 1150 g/mol. The minimum atomic E-state index is -0.618. The Morgan fingerprint density at radius 3 is 1.56 bits per heavy atom. The molecule has 21 heteroatoms. The van der Waals surface area contributed by atoms with E-state index in [1.165, 1.54) is 70.5 Å². The third-order valence-electron chi connectivity index (χ3n) is 19.1. The van der Waals surface area contributed by atoms with Crippen LogP contribution in [0, 0.1) is 81.8 Å². The average Bonchev–Trinajstić information content (AvgIpc) is 4.21. The molecule has 16 atom stereocenters. The number of alkyl halides is 1. The van der Waals surface area contributed by atoms with E-state index in [9.17, 15) is 19.8 Å². The van der Waals surface area contributed by atoms with Crippen LogP contribution >= 0.6 is 41.2 Å². The van der Waals surface area contributed by atoms with Crippen LogP contribution in [0.15, 0.2) is 21.5 Å². The number of Topliss-reactive ketones (excluding diaryl/α,β-unsaturated/α-hetero) is 2. The maximum atomic E-state index is 13.1. The molecule has 0 radical (unpaired) electrons. The zero-order chi connectivity index (χ0) is 50.4. The molecule has 8 fully saturated rings. The van der Waals surface area contributed by atoms with Crippen LogP contribution < -0.4 is 108 Å². The molecular weight excluding hydrogens is 1060 g/mol. The number of thiol groups is 2. The van der Waals surface area contributed by atoms with Crippen molar-refractivity contribution in [3.8, 4) is 0 Å². The van der Waals surface area contributed by atoms with Crippen molar-refractivity contribution < 1.29 is 148 Å². The number of fused-ring (bicyclic) bond motifs is 10. The molecule has 10 rings (SSSR count). The second kappa shape index (κ2) is 31.9. The molecule has 0 spiro atoms. The second-order valence-corrected chi connectivity index (χ2v) is 22.5. The molecule has 8 aliphatic carbocycles. The Balaban J connectivity index is 0.000000386. The van der Waals surface area contributed by atoms with Gasteiger partial charge in [0.25, 0.3) is 6.47 Å². The van der Waals surface area contributed by atoms with Crippen LogP contribution in [0.1, 0.15) is 131 Å². The van der Waals surface area contributed by atoms with Crippen molar-refractivity contribution >= 4 is 65.6 Å². The summed E-state index contributed by atoms with van der Waals surface area (Å²) in [5.74, 6) is 8.62. The van der Waals surface area contributed by atoms with Crippen molar-refractivity contribution in [2.75, 3.05) is 51.9 Å². The SMILES string of the molecule is C1=NCN=N1.COC[C@@]1(O)CC[C@H]2[C@H](CC[C@@H]3[C@@H]2CC[C@]2(C)[C@@H](C(=O)CBr)CC[C@@H]32)C1.COC[C@@]1(O)CC[C@H]2[C@H](CC[C@@H]3[C@@H]2CC[C@]2(C)[C@@H](C(=O)Cn4cnnn4)CC[C@@H]32)C1.CS.CS.O=CO[O-].[H-].[K+].[K+]. The van der Waals surface area contributed by atoms with E-state index in [1.807, 2.05) is 0 Å². The Hall–Kier alpha value is 1.40. The quantitative estimate of drug-likeness (QED) is 0.0655. The Kier molecular flexibility index (Phi) is 29.9. The van der Waals surface area contributed by atoms with Crippen molar-refractivity contribution in [1.29, 1.82) is 0 Å². The molecule has 2 N–H and O–H groups in total. The van der Waals surface area contributed by atoms with Crippen LogP contribution in [0.2, 0.25) is 0 Å². The maximum absolute atomic E-state index is 13.1. The van der Waals surface area contributed by atoms with Crippen molar-refractivity contribution in [1.82, 2.24) is 20.2 Å². The largest absolute Gasteiger partial charge is 1.00 e. The van der Waals surface area contributed by atoms with E-state index in [1.54, 1.807) is 37.7 Å². The Morgan fingerprint density at radius 2 is 1.20 bits per heavy atom. The zero-order valence-corrected chi connectivity index (χ0v) is 53.7. The summed E-state index contributed by atoms with van der Waals surface area (Å²) in [6, 6.07) is 0. The van der Waals surface area contributed by atoms with Crippen LogP contribution in [0.3, 0.4) is 0 Å². The molecule has 0 saturated heterocycles. The standard InChI is InChI=1S/C23H36N4O3.C22H35BrO3.C2H3N3.CH2O3.2CH4S.2K.H/c1-22-9-7-17-16-8-10-23(29,13-30-2)11-15(16)3-4-18(17)19(22)5-6-20(22)21(28)12-27-14-24-25-26-27;1-21-9-7-16-15-8-10-22(25,13-26-2)11-14(15)3-4-17(16)18(21)5-6-19(21)20(24)12-23;1-3-2-5-4-1;2-1-4-3;2*1-2;;;/h14-20,29H,3-13H2,1-2H3;14-19,25H,3-13H2,1-2H3;1H,2H2;1,3H;2*2H,1H3;;;/q;;;;;;2*+1;-1/p-1/t15-,16+,17-,18-,19+,20-,22+,23-;14-,15+,16-,17-,18+,19-,21+,22-;;;;;;;/m11......./s1. The number of aliphatic imine (C=N–C) groups is 1. The van der Waals surface area contributed by atoms with Gasteiger partial charge in [0, 0.05) is 26.1 Å². The Bertz CT molecular complexity index is 1830.